The van der Waals surface area contributed by atoms with Gasteiger partial charge in [-0.05, 0) is 37.3 Å². The average molecular weight is 285 g/mol. The first kappa shape index (κ1) is 13.9. The molecule has 20 heavy (non-hydrogen) atoms. The van der Waals surface area contributed by atoms with Crippen molar-refractivity contribution in [2.45, 2.75) is 43.5 Å². The van der Waals surface area contributed by atoms with E-state index in [1.165, 1.54) is 12.1 Å². The largest absolute Gasteiger partial charge is 0.416 e. The Labute approximate surface area is 116 Å². The standard InChI is InChI=1S/C15H18F3NO/c16-15(17,18)13-4-2-1-3-12(13)14(7-8-14)19-9-5-11(20)6-10-19/h1-4,11,20H,5-10H2. The van der Waals surface area contributed by atoms with Crippen LogP contribution in [0.15, 0.2) is 24.3 Å². The number of halogens is 3. The van der Waals surface area contributed by atoms with E-state index in [1.54, 1.807) is 12.1 Å². The molecule has 2 fully saturated rings. The third-order valence-corrected chi connectivity index (χ3v) is 4.53. The molecule has 0 radical (unpaired) electrons. The van der Waals surface area contributed by atoms with Gasteiger partial charge in [-0.25, -0.2) is 0 Å². The number of hydrogen-bond acceptors (Lipinski definition) is 2. The van der Waals surface area contributed by atoms with Crippen LogP contribution in [-0.2, 0) is 11.7 Å². The number of rotatable bonds is 2. The molecule has 1 aliphatic carbocycles. The molecule has 0 bridgehead atoms. The van der Waals surface area contributed by atoms with Gasteiger partial charge in [0.25, 0.3) is 0 Å². The van der Waals surface area contributed by atoms with E-state index in [1.807, 2.05) is 0 Å². The minimum Gasteiger partial charge on any atom is -0.393 e. The Hall–Kier alpha value is -1.07. The minimum absolute atomic E-state index is 0.306. The van der Waals surface area contributed by atoms with E-state index >= 15 is 0 Å². The van der Waals surface area contributed by atoms with Crippen LogP contribution in [0.3, 0.4) is 0 Å². The predicted octanol–water partition coefficient (Wildman–Crippen LogP) is 3.15. The molecule has 1 N–H and O–H groups in total. The van der Waals surface area contributed by atoms with Crippen LogP contribution in [0.2, 0.25) is 0 Å². The number of alkyl halides is 3. The molecular weight excluding hydrogens is 267 g/mol. The molecule has 5 heteroatoms. The lowest BCUT2D eigenvalue weighted by atomic mass is 9.94. The Balaban J connectivity index is 1.93. The second-order valence-electron chi connectivity index (χ2n) is 5.79. The van der Waals surface area contributed by atoms with E-state index < -0.39 is 17.3 Å². The van der Waals surface area contributed by atoms with E-state index in [9.17, 15) is 18.3 Å². The maximum absolute atomic E-state index is 13.2. The van der Waals surface area contributed by atoms with Gasteiger partial charge in [-0.1, -0.05) is 18.2 Å². The SMILES string of the molecule is OC1CCN(C2(c3ccccc3C(F)(F)F)CC2)CC1. The van der Waals surface area contributed by atoms with Gasteiger partial charge in [-0.2, -0.15) is 13.2 Å². The maximum atomic E-state index is 13.2. The molecule has 0 aromatic heterocycles. The molecule has 3 rings (SSSR count). The molecule has 1 heterocycles. The Morgan fingerprint density at radius 2 is 1.70 bits per heavy atom. The lowest BCUT2D eigenvalue weighted by molar-refractivity contribution is -0.139. The van der Waals surface area contributed by atoms with E-state index in [0.717, 1.165) is 12.8 Å². The number of nitrogens with zero attached hydrogens (tertiary/aromatic N) is 1. The van der Waals surface area contributed by atoms with Crippen molar-refractivity contribution in [2.24, 2.45) is 0 Å². The predicted molar refractivity (Wildman–Crippen MR) is 69.2 cm³/mol. The quantitative estimate of drug-likeness (QED) is 0.902. The van der Waals surface area contributed by atoms with Crippen LogP contribution in [0.25, 0.3) is 0 Å². The van der Waals surface area contributed by atoms with Crippen LogP contribution in [-0.4, -0.2) is 29.2 Å². The lowest BCUT2D eigenvalue weighted by Crippen LogP contribution is -2.43. The van der Waals surface area contributed by atoms with Crippen molar-refractivity contribution in [1.82, 2.24) is 4.90 Å². The first-order valence-electron chi connectivity index (χ1n) is 7.03. The van der Waals surface area contributed by atoms with Crippen LogP contribution in [0.4, 0.5) is 13.2 Å². The van der Waals surface area contributed by atoms with Gasteiger partial charge < -0.3 is 5.11 Å². The van der Waals surface area contributed by atoms with Crippen molar-refractivity contribution in [1.29, 1.82) is 0 Å². The zero-order valence-electron chi connectivity index (χ0n) is 11.2. The van der Waals surface area contributed by atoms with Gasteiger partial charge in [0.2, 0.25) is 0 Å². The molecule has 2 aliphatic rings. The van der Waals surface area contributed by atoms with Crippen molar-refractivity contribution in [3.63, 3.8) is 0 Å². The van der Waals surface area contributed by atoms with Gasteiger partial charge in [0, 0.05) is 18.6 Å². The first-order chi connectivity index (χ1) is 9.43. The normalized spacial score (nSPS) is 23.8. The first-order valence-corrected chi connectivity index (χ1v) is 7.03. The summed E-state index contributed by atoms with van der Waals surface area (Å²) in [4.78, 5) is 2.13. The molecule has 1 aromatic carbocycles. The molecule has 2 nitrogen and oxygen atoms in total. The Bertz CT molecular complexity index is 488. The van der Waals surface area contributed by atoms with Crippen LogP contribution in [0.1, 0.15) is 36.8 Å². The molecule has 1 aromatic rings. The molecule has 110 valence electrons. The zero-order chi connectivity index (χ0) is 14.4. The summed E-state index contributed by atoms with van der Waals surface area (Å²) in [5, 5.41) is 9.56. The molecule has 0 atom stereocenters. The molecule has 1 saturated heterocycles. The summed E-state index contributed by atoms with van der Waals surface area (Å²) in [5.74, 6) is 0. The minimum atomic E-state index is -4.30. The van der Waals surface area contributed by atoms with Gasteiger partial charge in [0.05, 0.1) is 11.7 Å². The van der Waals surface area contributed by atoms with Crippen molar-refractivity contribution < 1.29 is 18.3 Å². The Morgan fingerprint density at radius 3 is 2.25 bits per heavy atom. The summed E-state index contributed by atoms with van der Waals surface area (Å²) in [6, 6.07) is 5.92. The fourth-order valence-corrected chi connectivity index (χ4v) is 3.30. The zero-order valence-corrected chi connectivity index (χ0v) is 11.2. The summed E-state index contributed by atoms with van der Waals surface area (Å²) < 4.78 is 39.5. The van der Waals surface area contributed by atoms with Gasteiger partial charge in [-0.3, -0.25) is 4.90 Å². The van der Waals surface area contributed by atoms with E-state index in [2.05, 4.69) is 4.90 Å². The highest BCUT2D eigenvalue weighted by atomic mass is 19.4. The highest BCUT2D eigenvalue weighted by Crippen LogP contribution is 2.54. The summed E-state index contributed by atoms with van der Waals surface area (Å²) in [6.07, 6.45) is -1.76. The Kier molecular flexibility index (Phi) is 3.29. The number of hydrogen-bond donors (Lipinski definition) is 1. The topological polar surface area (TPSA) is 23.5 Å². The smallest absolute Gasteiger partial charge is 0.393 e. The van der Waals surface area contributed by atoms with Crippen LogP contribution in [0, 0.1) is 0 Å². The van der Waals surface area contributed by atoms with Crippen molar-refractivity contribution >= 4 is 0 Å². The van der Waals surface area contributed by atoms with Gasteiger partial charge in [0.15, 0.2) is 0 Å². The molecular formula is C15H18F3NO. The lowest BCUT2D eigenvalue weighted by Gasteiger charge is -2.38. The third-order valence-electron chi connectivity index (χ3n) is 4.53. The maximum Gasteiger partial charge on any atom is 0.416 e. The second-order valence-corrected chi connectivity index (χ2v) is 5.79. The number of piperidine rings is 1. The molecule has 1 aliphatic heterocycles. The average Bonchev–Trinajstić information content (AvgIpc) is 3.20. The fourth-order valence-electron chi connectivity index (χ4n) is 3.30. The number of benzene rings is 1. The molecule has 0 unspecified atom stereocenters. The Morgan fingerprint density at radius 1 is 1.10 bits per heavy atom. The van der Waals surface area contributed by atoms with Gasteiger partial charge in [0.1, 0.15) is 0 Å². The van der Waals surface area contributed by atoms with Crippen molar-refractivity contribution in [2.75, 3.05) is 13.1 Å². The van der Waals surface area contributed by atoms with Gasteiger partial charge >= 0.3 is 6.18 Å². The molecule has 1 saturated carbocycles. The van der Waals surface area contributed by atoms with Crippen molar-refractivity contribution in [3.05, 3.63) is 35.4 Å². The molecule has 0 spiro atoms. The van der Waals surface area contributed by atoms with Crippen LogP contribution >= 0.6 is 0 Å². The van der Waals surface area contributed by atoms with E-state index in [0.29, 0.717) is 31.5 Å². The van der Waals surface area contributed by atoms with Crippen LogP contribution in [0.5, 0.6) is 0 Å². The second kappa shape index (κ2) is 4.74. The molecule has 0 amide bonds. The summed E-state index contributed by atoms with van der Waals surface area (Å²) in [6.45, 7) is 1.35. The highest BCUT2D eigenvalue weighted by molar-refractivity contribution is 5.39. The van der Waals surface area contributed by atoms with Crippen molar-refractivity contribution in [3.8, 4) is 0 Å². The van der Waals surface area contributed by atoms with E-state index in [4.69, 9.17) is 0 Å². The summed E-state index contributed by atoms with van der Waals surface area (Å²) in [5.41, 5.74) is -0.556. The number of aliphatic hydroxyl groups is 1. The van der Waals surface area contributed by atoms with Crippen LogP contribution < -0.4 is 0 Å². The highest BCUT2D eigenvalue weighted by Gasteiger charge is 2.53. The summed E-state index contributed by atoms with van der Waals surface area (Å²) >= 11 is 0. The third kappa shape index (κ3) is 2.33. The number of aliphatic hydroxyl groups excluding tert-OH is 1. The summed E-state index contributed by atoms with van der Waals surface area (Å²) in [7, 11) is 0. The monoisotopic (exact) mass is 285 g/mol. The number of likely N-dealkylation sites (tertiary alicyclic amines) is 1. The fraction of sp³-hybridized carbons (Fsp3) is 0.600. The van der Waals surface area contributed by atoms with Gasteiger partial charge in [-0.15, -0.1) is 0 Å². The van der Waals surface area contributed by atoms with E-state index in [-0.39, 0.29) is 6.10 Å².